The van der Waals surface area contributed by atoms with E-state index >= 15 is 0 Å². The third kappa shape index (κ3) is 5.42. The number of ketones is 1. The molecule has 3 aromatic carbocycles. The van der Waals surface area contributed by atoms with Crippen LogP contribution in [0.5, 0.6) is 5.75 Å². The number of nitrogens with two attached hydrogens (primary N) is 1. The van der Waals surface area contributed by atoms with Crippen LogP contribution in [0.4, 0.5) is 17.1 Å². The minimum absolute atomic E-state index is 0.00387. The average molecular weight is 526 g/mol. The molecule has 11 nitrogen and oxygen atoms in total. The third-order valence-corrected chi connectivity index (χ3v) is 6.33. The summed E-state index contributed by atoms with van der Waals surface area (Å²) < 4.78 is 5.65. The number of hydrogen-bond acceptors (Lipinski definition) is 9. The second kappa shape index (κ2) is 10.7. The molecule has 0 radical (unpaired) electrons. The summed E-state index contributed by atoms with van der Waals surface area (Å²) in [5.41, 5.74) is 8.39. The summed E-state index contributed by atoms with van der Waals surface area (Å²) >= 11 is 0. The molecular weight excluding hydrogens is 502 g/mol. The molecule has 1 atom stereocenters. The number of amides is 4. The smallest absolute Gasteiger partial charge is 0.266 e. The first kappa shape index (κ1) is 25.5. The quantitative estimate of drug-likeness (QED) is 0.259. The highest BCUT2D eigenvalue weighted by molar-refractivity contribution is 6.24. The Morgan fingerprint density at radius 3 is 2.26 bits per heavy atom. The number of rotatable bonds is 8. The Morgan fingerprint density at radius 1 is 0.923 bits per heavy atom. The number of piperidine rings is 1. The van der Waals surface area contributed by atoms with Crippen LogP contribution in [0.3, 0.4) is 0 Å². The van der Waals surface area contributed by atoms with E-state index in [1.54, 1.807) is 48.5 Å². The van der Waals surface area contributed by atoms with E-state index in [1.807, 2.05) is 0 Å². The number of carbonyl (C=O) groups is 5. The number of nitrogens with zero attached hydrogens (tertiary/aromatic N) is 3. The molecule has 4 amide bonds. The lowest BCUT2D eigenvalue weighted by molar-refractivity contribution is -0.136. The van der Waals surface area contributed by atoms with Gasteiger partial charge in [-0.05, 0) is 60.5 Å². The summed E-state index contributed by atoms with van der Waals surface area (Å²) in [5.74, 6) is -2.66. The molecule has 0 saturated carbocycles. The lowest BCUT2D eigenvalue weighted by Crippen LogP contribution is -2.54. The van der Waals surface area contributed by atoms with E-state index in [-0.39, 0.29) is 48.5 Å². The zero-order chi connectivity index (χ0) is 27.5. The van der Waals surface area contributed by atoms with Gasteiger partial charge in [0.15, 0.2) is 5.78 Å². The Kier molecular flexibility index (Phi) is 6.96. The highest BCUT2D eigenvalue weighted by Gasteiger charge is 2.46. The van der Waals surface area contributed by atoms with Gasteiger partial charge in [-0.1, -0.05) is 18.2 Å². The van der Waals surface area contributed by atoms with E-state index in [4.69, 9.17) is 10.5 Å². The predicted molar refractivity (Wildman–Crippen MR) is 139 cm³/mol. The molecule has 3 N–H and O–H groups in total. The number of benzene rings is 3. The summed E-state index contributed by atoms with van der Waals surface area (Å²) in [6.45, 7) is -0.324. The molecule has 0 spiro atoms. The van der Waals surface area contributed by atoms with Gasteiger partial charge in [-0.3, -0.25) is 34.2 Å². The van der Waals surface area contributed by atoms with Crippen LogP contribution >= 0.6 is 0 Å². The fraction of sp³-hybridized carbons (Fsp3) is 0.179. The van der Waals surface area contributed by atoms with Gasteiger partial charge in [0.1, 0.15) is 18.4 Å². The van der Waals surface area contributed by atoms with Crippen molar-refractivity contribution in [2.24, 2.45) is 10.2 Å². The minimum Gasteiger partial charge on any atom is -0.485 e. The Labute approximate surface area is 222 Å². The predicted octanol–water partition coefficient (Wildman–Crippen LogP) is 3.28. The number of anilines is 1. The second-order valence-corrected chi connectivity index (χ2v) is 9.09. The maximum Gasteiger partial charge on any atom is 0.266 e. The number of Topliss-reactive ketones (excluding diaryl/α,β-unsaturated/α-hetero) is 1. The van der Waals surface area contributed by atoms with E-state index in [9.17, 15) is 24.0 Å². The SMILES string of the molecule is Nc1ccc(N=Nc2ccc(CC(=O)COc3cccc4c3C(=O)N(C3CCC(=O)NC3=O)C4=O)cc2)cc1. The largest absolute Gasteiger partial charge is 0.485 e. The van der Waals surface area contributed by atoms with E-state index in [0.717, 1.165) is 10.5 Å². The van der Waals surface area contributed by atoms with Crippen molar-refractivity contribution in [3.05, 3.63) is 83.4 Å². The lowest BCUT2D eigenvalue weighted by Gasteiger charge is -2.27. The molecule has 2 aliphatic rings. The van der Waals surface area contributed by atoms with Crippen molar-refractivity contribution >= 4 is 46.5 Å². The normalized spacial score (nSPS) is 16.9. The van der Waals surface area contributed by atoms with Crippen molar-refractivity contribution in [1.82, 2.24) is 10.2 Å². The van der Waals surface area contributed by atoms with Crippen molar-refractivity contribution in [2.45, 2.75) is 25.3 Å². The minimum atomic E-state index is -1.08. The zero-order valence-electron chi connectivity index (χ0n) is 20.6. The first-order valence-corrected chi connectivity index (χ1v) is 12.2. The van der Waals surface area contributed by atoms with E-state index in [2.05, 4.69) is 15.5 Å². The molecule has 1 saturated heterocycles. The lowest BCUT2D eigenvalue weighted by atomic mass is 10.0. The van der Waals surface area contributed by atoms with Crippen molar-refractivity contribution in [1.29, 1.82) is 0 Å². The maximum absolute atomic E-state index is 13.1. The van der Waals surface area contributed by atoms with Crippen molar-refractivity contribution in [2.75, 3.05) is 12.3 Å². The number of nitrogen functional groups attached to an aromatic ring is 1. The topological polar surface area (TPSA) is 161 Å². The van der Waals surface area contributed by atoms with Gasteiger partial charge in [0.25, 0.3) is 11.8 Å². The third-order valence-electron chi connectivity index (χ3n) is 6.33. The number of azo groups is 1. The van der Waals surface area contributed by atoms with Crippen LogP contribution in [-0.4, -0.2) is 47.0 Å². The standard InChI is InChI=1S/C28H23N5O6/c29-17-6-10-19(11-7-17)32-31-18-8-4-16(5-9-18)14-20(34)15-39-23-3-1-2-21-25(23)28(38)33(27(21)37)22-12-13-24(35)30-26(22)36/h1-11,22H,12-15,29H2,(H,30,35,36). The number of hydrogen-bond donors (Lipinski definition) is 2. The second-order valence-electron chi connectivity index (χ2n) is 9.09. The Balaban J connectivity index is 1.21. The van der Waals surface area contributed by atoms with Crippen molar-refractivity contribution in [3.63, 3.8) is 0 Å². The Bertz CT molecular complexity index is 1510. The zero-order valence-corrected chi connectivity index (χ0v) is 20.6. The van der Waals surface area contributed by atoms with Crippen LogP contribution in [-0.2, 0) is 20.8 Å². The van der Waals surface area contributed by atoms with Crippen molar-refractivity contribution < 1.29 is 28.7 Å². The molecule has 2 aliphatic heterocycles. The van der Waals surface area contributed by atoms with Gasteiger partial charge in [0, 0.05) is 18.5 Å². The highest BCUT2D eigenvalue weighted by Crippen LogP contribution is 2.33. The number of carbonyl (C=O) groups excluding carboxylic acids is 5. The Hall–Kier alpha value is -5.19. The van der Waals surface area contributed by atoms with E-state index in [0.29, 0.717) is 17.1 Å². The summed E-state index contributed by atoms with van der Waals surface area (Å²) in [6, 6.07) is 17.4. The monoisotopic (exact) mass is 525 g/mol. The van der Waals surface area contributed by atoms with Gasteiger partial charge in [0.05, 0.1) is 22.5 Å². The van der Waals surface area contributed by atoms with Crippen LogP contribution in [0.15, 0.2) is 77.0 Å². The van der Waals surface area contributed by atoms with Crippen LogP contribution in [0.2, 0.25) is 0 Å². The number of fused-ring (bicyclic) bond motifs is 1. The summed E-state index contributed by atoms with van der Waals surface area (Å²) in [5, 5.41) is 10.5. The van der Waals surface area contributed by atoms with Gasteiger partial charge < -0.3 is 10.5 Å². The first-order chi connectivity index (χ1) is 18.8. The highest BCUT2D eigenvalue weighted by atomic mass is 16.5. The molecule has 5 rings (SSSR count). The molecule has 39 heavy (non-hydrogen) atoms. The molecule has 1 unspecified atom stereocenters. The molecule has 0 bridgehead atoms. The molecule has 0 aliphatic carbocycles. The average Bonchev–Trinajstić information content (AvgIpc) is 3.18. The molecule has 1 fully saturated rings. The maximum atomic E-state index is 13.1. The number of imide groups is 2. The molecule has 0 aromatic heterocycles. The first-order valence-electron chi connectivity index (χ1n) is 12.2. The van der Waals surface area contributed by atoms with Gasteiger partial charge in [-0.25, -0.2) is 0 Å². The molecule has 2 heterocycles. The van der Waals surface area contributed by atoms with Gasteiger partial charge in [-0.2, -0.15) is 10.2 Å². The summed E-state index contributed by atoms with van der Waals surface area (Å²) in [4.78, 5) is 63.3. The molecular formula is C28H23N5O6. The van der Waals surface area contributed by atoms with Crippen LogP contribution in [0.25, 0.3) is 0 Å². The van der Waals surface area contributed by atoms with E-state index < -0.39 is 29.7 Å². The summed E-state index contributed by atoms with van der Waals surface area (Å²) in [6.07, 6.45) is 0.153. The van der Waals surface area contributed by atoms with Crippen LogP contribution in [0.1, 0.15) is 39.1 Å². The fourth-order valence-corrected chi connectivity index (χ4v) is 4.38. The number of nitrogens with one attached hydrogen (secondary N) is 1. The Morgan fingerprint density at radius 2 is 1.59 bits per heavy atom. The van der Waals surface area contributed by atoms with E-state index in [1.165, 1.54) is 18.2 Å². The van der Waals surface area contributed by atoms with Gasteiger partial charge >= 0.3 is 0 Å². The number of ether oxygens (including phenoxy) is 1. The molecule has 3 aromatic rings. The fourth-order valence-electron chi connectivity index (χ4n) is 4.38. The summed E-state index contributed by atoms with van der Waals surface area (Å²) in [7, 11) is 0. The van der Waals surface area contributed by atoms with Crippen LogP contribution in [0, 0.1) is 0 Å². The van der Waals surface area contributed by atoms with Gasteiger partial charge in [-0.15, -0.1) is 0 Å². The van der Waals surface area contributed by atoms with Crippen LogP contribution < -0.4 is 15.8 Å². The molecule has 11 heteroatoms. The van der Waals surface area contributed by atoms with Crippen molar-refractivity contribution in [3.8, 4) is 5.75 Å². The van der Waals surface area contributed by atoms with Gasteiger partial charge in [0.2, 0.25) is 11.8 Å². The molecule has 196 valence electrons.